The van der Waals surface area contributed by atoms with E-state index in [0.29, 0.717) is 5.92 Å². The first-order chi connectivity index (χ1) is 7.52. The molecule has 2 nitrogen and oxygen atoms in total. The molecule has 0 bridgehead atoms. The van der Waals surface area contributed by atoms with Crippen LogP contribution in [-0.4, -0.2) is 18.3 Å². The van der Waals surface area contributed by atoms with Crippen molar-refractivity contribution >= 4 is 15.9 Å². The van der Waals surface area contributed by atoms with E-state index < -0.39 is 0 Å². The molecule has 0 saturated carbocycles. The van der Waals surface area contributed by atoms with E-state index in [4.69, 9.17) is 4.74 Å². The molecule has 90 valence electrons. The Morgan fingerprint density at radius 2 is 2.06 bits per heavy atom. The molecular weight excluding hydrogens is 268 g/mol. The molecule has 1 aromatic carbocycles. The zero-order valence-corrected chi connectivity index (χ0v) is 11.6. The van der Waals surface area contributed by atoms with Crippen LogP contribution in [0.25, 0.3) is 0 Å². The zero-order valence-electron chi connectivity index (χ0n) is 10.0. The van der Waals surface area contributed by atoms with Gasteiger partial charge in [0.2, 0.25) is 0 Å². The molecule has 0 fully saturated rings. The number of hydrogen-bond acceptors (Lipinski definition) is 2. The summed E-state index contributed by atoms with van der Waals surface area (Å²) >= 11 is 3.46. The molecule has 3 heteroatoms. The molecule has 0 saturated heterocycles. The van der Waals surface area contributed by atoms with Crippen LogP contribution in [0, 0.1) is 5.92 Å². The molecule has 0 aliphatic carbocycles. The van der Waals surface area contributed by atoms with Crippen LogP contribution in [0.4, 0.5) is 0 Å². The van der Waals surface area contributed by atoms with E-state index in [0.717, 1.165) is 23.1 Å². The summed E-state index contributed by atoms with van der Waals surface area (Å²) in [7, 11) is 1.69. The Balaban J connectivity index is 2.74. The Kier molecular flexibility index (Phi) is 5.29. The van der Waals surface area contributed by atoms with Crippen LogP contribution >= 0.6 is 15.9 Å². The minimum absolute atomic E-state index is 0.242. The Morgan fingerprint density at radius 3 is 2.62 bits per heavy atom. The van der Waals surface area contributed by atoms with Gasteiger partial charge in [-0.3, -0.25) is 0 Å². The number of ether oxygens (including phenoxy) is 1. The van der Waals surface area contributed by atoms with Crippen LogP contribution in [0.5, 0.6) is 5.75 Å². The summed E-state index contributed by atoms with van der Waals surface area (Å²) in [6.07, 6.45) is 1.50. The smallest absolute Gasteiger partial charge is 0.122 e. The van der Waals surface area contributed by atoms with Crippen molar-refractivity contribution in [1.29, 1.82) is 0 Å². The van der Waals surface area contributed by atoms with Crippen molar-refractivity contribution in [3.63, 3.8) is 0 Å². The molecule has 0 radical (unpaired) electrons. The molecule has 0 heterocycles. The first kappa shape index (κ1) is 13.5. The maximum Gasteiger partial charge on any atom is 0.122 e. The van der Waals surface area contributed by atoms with Gasteiger partial charge in [-0.15, -0.1) is 0 Å². The van der Waals surface area contributed by atoms with Crippen molar-refractivity contribution in [2.24, 2.45) is 5.92 Å². The van der Waals surface area contributed by atoms with E-state index in [9.17, 15) is 5.11 Å². The van der Waals surface area contributed by atoms with E-state index >= 15 is 0 Å². The highest BCUT2D eigenvalue weighted by Crippen LogP contribution is 2.26. The Bertz CT molecular complexity index is 337. The summed E-state index contributed by atoms with van der Waals surface area (Å²) < 4.78 is 6.39. The van der Waals surface area contributed by atoms with E-state index in [1.165, 1.54) is 5.56 Å². The normalized spacial score (nSPS) is 14.6. The number of benzene rings is 1. The van der Waals surface area contributed by atoms with Gasteiger partial charge < -0.3 is 9.84 Å². The standard InChI is InChI=1S/C13H19BrO2/c1-9(6-10(2)15)7-11-8-12(14)4-5-13(11)16-3/h4-5,8-10,15H,6-7H2,1-3H3. The van der Waals surface area contributed by atoms with Crippen molar-refractivity contribution in [2.75, 3.05) is 7.11 Å². The number of methoxy groups -OCH3 is 1. The predicted molar refractivity (Wildman–Crippen MR) is 69.9 cm³/mol. The second-order valence-electron chi connectivity index (χ2n) is 4.35. The SMILES string of the molecule is COc1ccc(Br)cc1CC(C)CC(C)O. The fourth-order valence-corrected chi connectivity index (χ4v) is 2.36. The third-order valence-electron chi connectivity index (χ3n) is 2.55. The van der Waals surface area contributed by atoms with Crippen molar-refractivity contribution in [3.05, 3.63) is 28.2 Å². The lowest BCUT2D eigenvalue weighted by atomic mass is 9.95. The summed E-state index contributed by atoms with van der Waals surface area (Å²) in [5.41, 5.74) is 1.19. The molecule has 1 rings (SSSR count). The number of aliphatic hydroxyl groups excluding tert-OH is 1. The lowest BCUT2D eigenvalue weighted by molar-refractivity contribution is 0.164. The second-order valence-corrected chi connectivity index (χ2v) is 5.27. The minimum Gasteiger partial charge on any atom is -0.496 e. The van der Waals surface area contributed by atoms with Crippen molar-refractivity contribution < 1.29 is 9.84 Å². The average molecular weight is 287 g/mol. The maximum atomic E-state index is 9.34. The van der Waals surface area contributed by atoms with Crippen LogP contribution in [0.3, 0.4) is 0 Å². The molecule has 2 unspecified atom stereocenters. The molecule has 1 aromatic rings. The summed E-state index contributed by atoms with van der Waals surface area (Å²) in [4.78, 5) is 0. The summed E-state index contributed by atoms with van der Waals surface area (Å²) in [5.74, 6) is 1.36. The minimum atomic E-state index is -0.242. The van der Waals surface area contributed by atoms with E-state index in [1.54, 1.807) is 7.11 Å². The topological polar surface area (TPSA) is 29.5 Å². The largest absolute Gasteiger partial charge is 0.496 e. The van der Waals surface area contributed by atoms with E-state index in [1.807, 2.05) is 19.1 Å². The lowest BCUT2D eigenvalue weighted by Crippen LogP contribution is -2.10. The number of aliphatic hydroxyl groups is 1. The molecule has 0 aliphatic rings. The highest BCUT2D eigenvalue weighted by atomic mass is 79.9. The van der Waals surface area contributed by atoms with Crippen LogP contribution in [0.15, 0.2) is 22.7 Å². The number of rotatable bonds is 5. The van der Waals surface area contributed by atoms with Crippen molar-refractivity contribution in [1.82, 2.24) is 0 Å². The van der Waals surface area contributed by atoms with E-state index in [2.05, 4.69) is 28.9 Å². The molecule has 0 aromatic heterocycles. The van der Waals surface area contributed by atoms with Crippen LogP contribution in [0.1, 0.15) is 25.8 Å². The molecule has 16 heavy (non-hydrogen) atoms. The highest BCUT2D eigenvalue weighted by Gasteiger charge is 2.11. The fraction of sp³-hybridized carbons (Fsp3) is 0.538. The first-order valence-electron chi connectivity index (χ1n) is 5.53. The van der Waals surface area contributed by atoms with Crippen LogP contribution < -0.4 is 4.74 Å². The van der Waals surface area contributed by atoms with Crippen molar-refractivity contribution in [3.8, 4) is 5.75 Å². The van der Waals surface area contributed by atoms with Crippen molar-refractivity contribution in [2.45, 2.75) is 32.8 Å². The van der Waals surface area contributed by atoms with Gasteiger partial charge in [0.25, 0.3) is 0 Å². The average Bonchev–Trinajstić information content (AvgIpc) is 2.16. The van der Waals surface area contributed by atoms with E-state index in [-0.39, 0.29) is 6.10 Å². The quantitative estimate of drug-likeness (QED) is 0.899. The van der Waals surface area contributed by atoms with Gasteiger partial charge in [0, 0.05) is 4.47 Å². The highest BCUT2D eigenvalue weighted by molar-refractivity contribution is 9.10. The summed E-state index contributed by atoms with van der Waals surface area (Å²) in [5, 5.41) is 9.34. The van der Waals surface area contributed by atoms with Crippen LogP contribution in [-0.2, 0) is 6.42 Å². The predicted octanol–water partition coefficient (Wildman–Crippen LogP) is 3.41. The lowest BCUT2D eigenvalue weighted by Gasteiger charge is -2.15. The molecular formula is C13H19BrO2. The van der Waals surface area contributed by atoms with Gasteiger partial charge in [-0.05, 0) is 49.4 Å². The van der Waals surface area contributed by atoms with Gasteiger partial charge in [-0.1, -0.05) is 22.9 Å². The van der Waals surface area contributed by atoms with Gasteiger partial charge in [-0.25, -0.2) is 0 Å². The van der Waals surface area contributed by atoms with Gasteiger partial charge in [0.05, 0.1) is 13.2 Å². The Labute approximate surface area is 106 Å². The molecule has 0 amide bonds. The molecule has 0 spiro atoms. The summed E-state index contributed by atoms with van der Waals surface area (Å²) in [6.45, 7) is 3.97. The third-order valence-corrected chi connectivity index (χ3v) is 3.05. The number of halogens is 1. The van der Waals surface area contributed by atoms with Gasteiger partial charge in [-0.2, -0.15) is 0 Å². The second kappa shape index (κ2) is 6.26. The van der Waals surface area contributed by atoms with Gasteiger partial charge >= 0.3 is 0 Å². The zero-order chi connectivity index (χ0) is 12.1. The summed E-state index contributed by atoms with van der Waals surface area (Å²) in [6, 6.07) is 6.02. The first-order valence-corrected chi connectivity index (χ1v) is 6.32. The maximum absolute atomic E-state index is 9.34. The van der Waals surface area contributed by atoms with Crippen LogP contribution in [0.2, 0.25) is 0 Å². The van der Waals surface area contributed by atoms with Gasteiger partial charge in [0.15, 0.2) is 0 Å². The molecule has 0 aliphatic heterocycles. The van der Waals surface area contributed by atoms with Gasteiger partial charge in [0.1, 0.15) is 5.75 Å². The Hall–Kier alpha value is -0.540. The molecule has 2 atom stereocenters. The molecule has 1 N–H and O–H groups in total. The monoisotopic (exact) mass is 286 g/mol. The number of hydrogen-bond donors (Lipinski definition) is 1. The Morgan fingerprint density at radius 1 is 1.38 bits per heavy atom. The third kappa shape index (κ3) is 4.14. The fourth-order valence-electron chi connectivity index (χ4n) is 1.95.